The van der Waals surface area contributed by atoms with Crippen molar-refractivity contribution < 1.29 is 4.74 Å². The van der Waals surface area contributed by atoms with E-state index < -0.39 is 0 Å². The quantitative estimate of drug-likeness (QED) is 0.636. The van der Waals surface area contributed by atoms with Crippen molar-refractivity contribution >= 4 is 0 Å². The number of hydrazine groups is 1. The van der Waals surface area contributed by atoms with Crippen LogP contribution in [-0.4, -0.2) is 7.11 Å². The number of rotatable bonds is 4. The van der Waals surface area contributed by atoms with E-state index in [1.165, 1.54) is 24.8 Å². The van der Waals surface area contributed by atoms with Gasteiger partial charge < -0.3 is 4.74 Å². The molecule has 0 bridgehead atoms. The zero-order chi connectivity index (χ0) is 13.2. The third-order valence-corrected chi connectivity index (χ3v) is 4.37. The van der Waals surface area contributed by atoms with Crippen LogP contribution in [0.5, 0.6) is 5.75 Å². The molecule has 100 valence electrons. The van der Waals surface area contributed by atoms with E-state index in [0.717, 1.165) is 5.75 Å². The molecule has 0 amide bonds. The fourth-order valence-corrected chi connectivity index (χ4v) is 3.25. The minimum Gasteiger partial charge on any atom is -0.497 e. The molecule has 1 aliphatic rings. The minimum atomic E-state index is 0.206. The van der Waals surface area contributed by atoms with E-state index in [2.05, 4.69) is 31.4 Å². The second-order valence-corrected chi connectivity index (χ2v) is 5.91. The van der Waals surface area contributed by atoms with Crippen LogP contribution in [0.1, 0.15) is 44.7 Å². The number of methoxy groups -OCH3 is 1. The molecule has 0 saturated heterocycles. The summed E-state index contributed by atoms with van der Waals surface area (Å²) in [7, 11) is 1.70. The van der Waals surface area contributed by atoms with Crippen molar-refractivity contribution in [1.29, 1.82) is 0 Å². The SMILES string of the molecule is COc1cccc(C(NN)C2CCCC2(C)C)c1. The highest BCUT2D eigenvalue weighted by Gasteiger charge is 2.39. The molecule has 18 heavy (non-hydrogen) atoms. The second kappa shape index (κ2) is 5.29. The molecule has 2 unspecified atom stereocenters. The average molecular weight is 248 g/mol. The summed E-state index contributed by atoms with van der Waals surface area (Å²) in [5, 5.41) is 0. The van der Waals surface area contributed by atoms with E-state index in [4.69, 9.17) is 10.6 Å². The van der Waals surface area contributed by atoms with Crippen molar-refractivity contribution in [3.63, 3.8) is 0 Å². The van der Waals surface area contributed by atoms with Crippen LogP contribution in [0.15, 0.2) is 24.3 Å². The molecule has 0 aromatic heterocycles. The van der Waals surface area contributed by atoms with Gasteiger partial charge >= 0.3 is 0 Å². The summed E-state index contributed by atoms with van der Waals surface area (Å²) in [6.07, 6.45) is 3.80. The zero-order valence-corrected chi connectivity index (χ0v) is 11.6. The number of nitrogens with one attached hydrogen (secondary N) is 1. The van der Waals surface area contributed by atoms with Gasteiger partial charge in [-0.25, -0.2) is 0 Å². The first-order valence-electron chi connectivity index (χ1n) is 6.68. The molecule has 1 fully saturated rings. The lowest BCUT2D eigenvalue weighted by atomic mass is 9.75. The largest absolute Gasteiger partial charge is 0.497 e. The molecule has 1 aromatic carbocycles. The maximum atomic E-state index is 5.81. The van der Waals surface area contributed by atoms with Gasteiger partial charge in [-0.05, 0) is 41.9 Å². The summed E-state index contributed by atoms with van der Waals surface area (Å²) < 4.78 is 5.30. The smallest absolute Gasteiger partial charge is 0.119 e. The highest BCUT2D eigenvalue weighted by atomic mass is 16.5. The number of nitrogens with two attached hydrogens (primary N) is 1. The molecule has 2 rings (SSSR count). The Kier molecular flexibility index (Phi) is 3.93. The van der Waals surface area contributed by atoms with Gasteiger partial charge in [0.05, 0.1) is 7.11 Å². The molecule has 0 spiro atoms. The van der Waals surface area contributed by atoms with Crippen LogP contribution in [0.2, 0.25) is 0 Å². The van der Waals surface area contributed by atoms with Crippen molar-refractivity contribution in [2.45, 2.75) is 39.2 Å². The van der Waals surface area contributed by atoms with Gasteiger partial charge in [0.25, 0.3) is 0 Å². The van der Waals surface area contributed by atoms with Crippen LogP contribution in [0, 0.1) is 11.3 Å². The molecule has 1 saturated carbocycles. The molecule has 1 aliphatic carbocycles. The number of hydrogen-bond donors (Lipinski definition) is 2. The Balaban J connectivity index is 2.27. The maximum absolute atomic E-state index is 5.81. The first-order chi connectivity index (χ1) is 8.58. The van der Waals surface area contributed by atoms with Crippen LogP contribution >= 0.6 is 0 Å². The fourth-order valence-electron chi connectivity index (χ4n) is 3.25. The lowest BCUT2D eigenvalue weighted by Crippen LogP contribution is -2.37. The number of hydrogen-bond acceptors (Lipinski definition) is 3. The molecule has 0 aliphatic heterocycles. The van der Waals surface area contributed by atoms with Crippen molar-refractivity contribution in [3.8, 4) is 5.75 Å². The topological polar surface area (TPSA) is 47.3 Å². The maximum Gasteiger partial charge on any atom is 0.119 e. The first-order valence-corrected chi connectivity index (χ1v) is 6.68. The molecule has 1 aromatic rings. The van der Waals surface area contributed by atoms with Crippen LogP contribution in [0.25, 0.3) is 0 Å². The Bertz CT molecular complexity index is 403. The van der Waals surface area contributed by atoms with Gasteiger partial charge in [-0.2, -0.15) is 0 Å². The standard InChI is InChI=1S/C15H24N2O/c1-15(2)9-5-8-13(15)14(17-16)11-6-4-7-12(10-11)18-3/h4,6-7,10,13-14,17H,5,8-9,16H2,1-3H3. The molecular formula is C15H24N2O. The summed E-state index contributed by atoms with van der Waals surface area (Å²) in [6.45, 7) is 4.68. The average Bonchev–Trinajstić information content (AvgIpc) is 2.71. The molecule has 3 nitrogen and oxygen atoms in total. The third-order valence-electron chi connectivity index (χ3n) is 4.37. The summed E-state index contributed by atoms with van der Waals surface area (Å²) in [4.78, 5) is 0. The van der Waals surface area contributed by atoms with Gasteiger partial charge in [-0.1, -0.05) is 32.4 Å². The molecule has 3 N–H and O–H groups in total. The van der Waals surface area contributed by atoms with Gasteiger partial charge in [0, 0.05) is 6.04 Å². The minimum absolute atomic E-state index is 0.206. The Morgan fingerprint density at radius 2 is 2.22 bits per heavy atom. The molecule has 0 radical (unpaired) electrons. The van der Waals surface area contributed by atoms with Gasteiger partial charge in [-0.15, -0.1) is 0 Å². The Hall–Kier alpha value is -1.06. The van der Waals surface area contributed by atoms with Crippen LogP contribution in [-0.2, 0) is 0 Å². The van der Waals surface area contributed by atoms with Crippen molar-refractivity contribution in [2.24, 2.45) is 17.2 Å². The molecule has 3 heteroatoms. The van der Waals surface area contributed by atoms with Gasteiger partial charge in [0.1, 0.15) is 5.75 Å². The van der Waals surface area contributed by atoms with E-state index in [1.807, 2.05) is 12.1 Å². The summed E-state index contributed by atoms with van der Waals surface area (Å²) >= 11 is 0. The van der Waals surface area contributed by atoms with E-state index in [9.17, 15) is 0 Å². The number of ether oxygens (including phenoxy) is 1. The first kappa shape index (κ1) is 13.4. The molecule has 0 heterocycles. The second-order valence-electron chi connectivity index (χ2n) is 5.91. The summed E-state index contributed by atoms with van der Waals surface area (Å²) in [6, 6.07) is 8.41. The van der Waals surface area contributed by atoms with Gasteiger partial charge in [0.15, 0.2) is 0 Å². The Morgan fingerprint density at radius 1 is 1.44 bits per heavy atom. The predicted molar refractivity (Wildman–Crippen MR) is 74.2 cm³/mol. The van der Waals surface area contributed by atoms with Gasteiger partial charge in [-0.3, -0.25) is 11.3 Å². The molecular weight excluding hydrogens is 224 g/mol. The zero-order valence-electron chi connectivity index (χ0n) is 11.6. The van der Waals surface area contributed by atoms with Crippen LogP contribution in [0.3, 0.4) is 0 Å². The predicted octanol–water partition coefficient (Wildman–Crippen LogP) is 3.03. The summed E-state index contributed by atoms with van der Waals surface area (Å²) in [5.74, 6) is 7.28. The van der Waals surface area contributed by atoms with Crippen LogP contribution < -0.4 is 16.0 Å². The third kappa shape index (κ3) is 2.52. The lowest BCUT2D eigenvalue weighted by molar-refractivity contribution is 0.198. The Labute approximate surface area is 110 Å². The highest BCUT2D eigenvalue weighted by molar-refractivity contribution is 5.31. The highest BCUT2D eigenvalue weighted by Crippen LogP contribution is 2.48. The Morgan fingerprint density at radius 3 is 2.78 bits per heavy atom. The van der Waals surface area contributed by atoms with Crippen molar-refractivity contribution in [1.82, 2.24) is 5.43 Å². The van der Waals surface area contributed by atoms with Gasteiger partial charge in [0.2, 0.25) is 0 Å². The van der Waals surface area contributed by atoms with Crippen LogP contribution in [0.4, 0.5) is 0 Å². The molecule has 2 atom stereocenters. The normalized spacial score (nSPS) is 23.9. The van der Waals surface area contributed by atoms with E-state index >= 15 is 0 Å². The lowest BCUT2D eigenvalue weighted by Gasteiger charge is -2.34. The van der Waals surface area contributed by atoms with Crippen molar-refractivity contribution in [3.05, 3.63) is 29.8 Å². The van der Waals surface area contributed by atoms with E-state index in [1.54, 1.807) is 7.11 Å². The fraction of sp³-hybridized carbons (Fsp3) is 0.600. The summed E-state index contributed by atoms with van der Waals surface area (Å²) in [5.41, 5.74) is 4.58. The van der Waals surface area contributed by atoms with E-state index in [-0.39, 0.29) is 6.04 Å². The monoisotopic (exact) mass is 248 g/mol. The number of benzene rings is 1. The van der Waals surface area contributed by atoms with E-state index in [0.29, 0.717) is 11.3 Å². The van der Waals surface area contributed by atoms with Crippen molar-refractivity contribution in [2.75, 3.05) is 7.11 Å².